The Bertz CT molecular complexity index is 428. The maximum atomic E-state index is 12.7. The van der Waals surface area contributed by atoms with Crippen molar-refractivity contribution in [3.8, 4) is 0 Å². The molecule has 1 aromatic rings. The predicted molar refractivity (Wildman–Crippen MR) is 63.1 cm³/mol. The van der Waals surface area contributed by atoms with E-state index in [1.165, 1.54) is 43.5 Å². The van der Waals surface area contributed by atoms with Crippen LogP contribution in [0.2, 0.25) is 0 Å². The molecule has 0 heterocycles. The van der Waals surface area contributed by atoms with Gasteiger partial charge in [-0.25, -0.2) is 4.39 Å². The lowest BCUT2D eigenvalue weighted by molar-refractivity contribution is 0.0923. The lowest BCUT2D eigenvalue weighted by Crippen LogP contribution is -2.38. The van der Waals surface area contributed by atoms with Crippen LogP contribution in [0.25, 0.3) is 0 Å². The van der Waals surface area contributed by atoms with E-state index >= 15 is 0 Å². The fourth-order valence-electron chi connectivity index (χ4n) is 3.27. The van der Waals surface area contributed by atoms with E-state index in [1.807, 2.05) is 0 Å². The molecule has 0 radical (unpaired) electrons. The van der Waals surface area contributed by atoms with Gasteiger partial charge in [0.1, 0.15) is 5.82 Å². The summed E-state index contributed by atoms with van der Waals surface area (Å²) in [5.41, 5.74) is 0.550. The zero-order valence-corrected chi connectivity index (χ0v) is 9.66. The van der Waals surface area contributed by atoms with Crippen LogP contribution in [0.4, 0.5) is 4.39 Å². The molecule has 0 aliphatic heterocycles. The van der Waals surface area contributed by atoms with E-state index in [0.717, 1.165) is 12.3 Å². The Hall–Kier alpha value is -1.38. The predicted octanol–water partition coefficient (Wildman–Crippen LogP) is 2.74. The van der Waals surface area contributed by atoms with E-state index in [2.05, 4.69) is 5.32 Å². The Morgan fingerprint density at radius 3 is 2.53 bits per heavy atom. The topological polar surface area (TPSA) is 29.1 Å². The lowest BCUT2D eigenvalue weighted by Gasteiger charge is -2.22. The first-order valence-corrected chi connectivity index (χ1v) is 6.29. The Balaban J connectivity index is 1.65. The second-order valence-corrected chi connectivity index (χ2v) is 5.26. The number of rotatable bonds is 2. The summed E-state index contributed by atoms with van der Waals surface area (Å²) in [6.07, 6.45) is 4.97. The molecular weight excluding hydrogens is 217 g/mol. The third-order valence-electron chi connectivity index (χ3n) is 4.16. The summed E-state index contributed by atoms with van der Waals surface area (Å²) in [7, 11) is 0. The summed E-state index contributed by atoms with van der Waals surface area (Å²) >= 11 is 0. The van der Waals surface area contributed by atoms with Gasteiger partial charge < -0.3 is 5.32 Å². The first-order chi connectivity index (χ1) is 8.22. The maximum Gasteiger partial charge on any atom is 0.251 e. The van der Waals surface area contributed by atoms with Gasteiger partial charge in [-0.05, 0) is 55.4 Å². The minimum atomic E-state index is -0.304. The van der Waals surface area contributed by atoms with Crippen LogP contribution >= 0.6 is 0 Å². The summed E-state index contributed by atoms with van der Waals surface area (Å²) in [6.45, 7) is 0. The van der Waals surface area contributed by atoms with E-state index in [4.69, 9.17) is 0 Å². The van der Waals surface area contributed by atoms with Crippen LogP contribution in [0.3, 0.4) is 0 Å². The molecule has 0 aromatic heterocycles. The van der Waals surface area contributed by atoms with Gasteiger partial charge in [-0.1, -0.05) is 6.42 Å². The van der Waals surface area contributed by atoms with Gasteiger partial charge in [0.25, 0.3) is 5.91 Å². The van der Waals surface area contributed by atoms with Gasteiger partial charge in [-0.3, -0.25) is 4.79 Å². The number of benzene rings is 1. The van der Waals surface area contributed by atoms with Crippen molar-refractivity contribution in [1.82, 2.24) is 5.32 Å². The average molecular weight is 233 g/mol. The van der Waals surface area contributed by atoms with Crippen LogP contribution in [-0.4, -0.2) is 11.9 Å². The normalized spacial score (nSPS) is 30.5. The quantitative estimate of drug-likeness (QED) is 0.836. The number of amides is 1. The van der Waals surface area contributed by atoms with Gasteiger partial charge in [0.15, 0.2) is 0 Å². The molecule has 2 aliphatic carbocycles. The highest BCUT2D eigenvalue weighted by Gasteiger charge is 2.40. The van der Waals surface area contributed by atoms with E-state index < -0.39 is 0 Å². The fourth-order valence-corrected chi connectivity index (χ4v) is 3.27. The van der Waals surface area contributed by atoms with Crippen LogP contribution in [0.5, 0.6) is 0 Å². The molecule has 90 valence electrons. The van der Waals surface area contributed by atoms with E-state index in [9.17, 15) is 9.18 Å². The van der Waals surface area contributed by atoms with Crippen LogP contribution in [0.1, 0.15) is 36.0 Å². The Morgan fingerprint density at radius 1 is 1.18 bits per heavy atom. The lowest BCUT2D eigenvalue weighted by atomic mass is 9.95. The van der Waals surface area contributed by atoms with Crippen molar-refractivity contribution in [2.24, 2.45) is 11.8 Å². The molecule has 0 spiro atoms. The number of hydrogen-bond donors (Lipinski definition) is 1. The van der Waals surface area contributed by atoms with Crippen LogP contribution in [0, 0.1) is 17.7 Å². The van der Waals surface area contributed by atoms with E-state index in [1.54, 1.807) is 0 Å². The Labute approximate surface area is 100 Å². The van der Waals surface area contributed by atoms with Gasteiger partial charge in [-0.15, -0.1) is 0 Å². The standard InChI is InChI=1S/C14H16FNO/c15-12-5-3-10(4-6-12)14(17)16-13-8-9-1-2-11(13)7-9/h3-6,9,11,13H,1-2,7-8H2,(H,16,17)/t9-,11+,13+/m0/s1. The third kappa shape index (κ3) is 2.06. The third-order valence-corrected chi connectivity index (χ3v) is 4.16. The smallest absolute Gasteiger partial charge is 0.251 e. The van der Waals surface area contributed by atoms with E-state index in [0.29, 0.717) is 17.5 Å². The van der Waals surface area contributed by atoms with Gasteiger partial charge in [-0.2, -0.15) is 0 Å². The highest BCUT2D eigenvalue weighted by molar-refractivity contribution is 5.94. The van der Waals surface area contributed by atoms with Crippen molar-refractivity contribution in [1.29, 1.82) is 0 Å². The molecule has 1 N–H and O–H groups in total. The van der Waals surface area contributed by atoms with Gasteiger partial charge in [0, 0.05) is 11.6 Å². The number of nitrogens with one attached hydrogen (secondary N) is 1. The molecule has 2 fully saturated rings. The van der Waals surface area contributed by atoms with Crippen LogP contribution < -0.4 is 5.32 Å². The highest BCUT2D eigenvalue weighted by atomic mass is 19.1. The van der Waals surface area contributed by atoms with Gasteiger partial charge >= 0.3 is 0 Å². The van der Waals surface area contributed by atoms with E-state index in [-0.39, 0.29) is 11.7 Å². The Morgan fingerprint density at radius 2 is 1.94 bits per heavy atom. The summed E-state index contributed by atoms with van der Waals surface area (Å²) in [5.74, 6) is 1.12. The molecule has 3 rings (SSSR count). The maximum absolute atomic E-state index is 12.7. The second kappa shape index (κ2) is 4.13. The molecule has 2 nitrogen and oxygen atoms in total. The summed E-state index contributed by atoms with van der Waals surface area (Å²) < 4.78 is 12.7. The van der Waals surface area contributed by atoms with Gasteiger partial charge in [0.05, 0.1) is 0 Å². The average Bonchev–Trinajstić information content (AvgIpc) is 2.91. The minimum Gasteiger partial charge on any atom is -0.349 e. The minimum absolute atomic E-state index is 0.0671. The van der Waals surface area contributed by atoms with Crippen molar-refractivity contribution in [3.63, 3.8) is 0 Å². The molecular formula is C14H16FNO. The van der Waals surface area contributed by atoms with Crippen molar-refractivity contribution >= 4 is 5.91 Å². The number of fused-ring (bicyclic) bond motifs is 2. The SMILES string of the molecule is O=C(N[C@@H]1C[C@H]2CC[C@@H]1C2)c1ccc(F)cc1. The Kier molecular flexibility index (Phi) is 2.61. The summed E-state index contributed by atoms with van der Waals surface area (Å²) in [6, 6.07) is 6.08. The highest BCUT2D eigenvalue weighted by Crippen LogP contribution is 2.44. The molecule has 0 unspecified atom stereocenters. The second-order valence-electron chi connectivity index (χ2n) is 5.26. The number of halogens is 1. The molecule has 2 saturated carbocycles. The van der Waals surface area contributed by atoms with Crippen molar-refractivity contribution in [2.75, 3.05) is 0 Å². The molecule has 3 atom stereocenters. The van der Waals surface area contributed by atoms with Gasteiger partial charge in [0.2, 0.25) is 0 Å². The van der Waals surface area contributed by atoms with Crippen molar-refractivity contribution in [2.45, 2.75) is 31.7 Å². The van der Waals surface area contributed by atoms with Crippen molar-refractivity contribution < 1.29 is 9.18 Å². The largest absolute Gasteiger partial charge is 0.349 e. The summed E-state index contributed by atoms with van der Waals surface area (Å²) in [5, 5.41) is 3.08. The molecule has 17 heavy (non-hydrogen) atoms. The molecule has 3 heteroatoms. The van der Waals surface area contributed by atoms with Crippen LogP contribution in [-0.2, 0) is 0 Å². The monoisotopic (exact) mass is 233 g/mol. The first-order valence-electron chi connectivity index (χ1n) is 6.29. The molecule has 1 amide bonds. The summed E-state index contributed by atoms with van der Waals surface area (Å²) in [4.78, 5) is 12.0. The molecule has 2 aliphatic rings. The number of hydrogen-bond acceptors (Lipinski definition) is 1. The van der Waals surface area contributed by atoms with Crippen molar-refractivity contribution in [3.05, 3.63) is 35.6 Å². The number of carbonyl (C=O) groups excluding carboxylic acids is 1. The number of carbonyl (C=O) groups is 1. The van der Waals surface area contributed by atoms with Crippen LogP contribution in [0.15, 0.2) is 24.3 Å². The zero-order valence-electron chi connectivity index (χ0n) is 9.66. The molecule has 0 saturated heterocycles. The zero-order chi connectivity index (χ0) is 11.8. The molecule has 2 bridgehead atoms. The first kappa shape index (κ1) is 10.8. The fraction of sp³-hybridized carbons (Fsp3) is 0.500. The molecule has 1 aromatic carbocycles.